The minimum atomic E-state index is 0.130. The van der Waals surface area contributed by atoms with Crippen molar-refractivity contribution < 1.29 is 4.74 Å². The monoisotopic (exact) mass is 440 g/mol. The number of rotatable bonds is 15. The van der Waals surface area contributed by atoms with Crippen molar-refractivity contribution in [2.24, 2.45) is 0 Å². The Balaban J connectivity index is 2.25. The standard InChI is InChI=1S/C31H52O/c1-24(2)14-10-15-25(3)18-12-20-28(6)29(7)21-13-19-26(4)16-11-17-27(5)22-23-30-31(8,9)32-30/h14,17-19,30H,10-13,15-16,20-23H2,1-9H3/b25-18+,26-19+,27-17+,29-28+. The lowest BCUT2D eigenvalue weighted by molar-refractivity contribution is 0.320. The van der Waals surface area contributed by atoms with E-state index in [1.54, 1.807) is 11.1 Å². The first kappa shape index (κ1) is 28.7. The molecule has 0 aromatic carbocycles. The maximum atomic E-state index is 5.69. The first-order valence-electron chi connectivity index (χ1n) is 12.9. The Kier molecular flexibility index (Phi) is 13.2. The molecule has 0 amide bonds. The summed E-state index contributed by atoms with van der Waals surface area (Å²) < 4.78 is 5.69. The first-order valence-corrected chi connectivity index (χ1v) is 12.9. The van der Waals surface area contributed by atoms with Crippen molar-refractivity contribution in [1.82, 2.24) is 0 Å². The molecule has 0 bridgehead atoms. The van der Waals surface area contributed by atoms with E-state index in [9.17, 15) is 0 Å². The molecule has 1 heterocycles. The van der Waals surface area contributed by atoms with Crippen LogP contribution in [-0.2, 0) is 4.74 Å². The third-order valence-electron chi connectivity index (χ3n) is 6.84. The number of allylic oxidation sites excluding steroid dienone is 10. The van der Waals surface area contributed by atoms with Crippen LogP contribution in [0.25, 0.3) is 0 Å². The molecule has 182 valence electrons. The van der Waals surface area contributed by atoms with Gasteiger partial charge >= 0.3 is 0 Å². The zero-order valence-corrected chi connectivity index (χ0v) is 22.9. The predicted octanol–water partition coefficient (Wildman–Crippen LogP) is 10.2. The van der Waals surface area contributed by atoms with E-state index in [1.165, 1.54) is 80.1 Å². The molecule has 0 aliphatic carbocycles. The Morgan fingerprint density at radius 1 is 0.594 bits per heavy atom. The second-order valence-corrected chi connectivity index (χ2v) is 10.9. The Hall–Kier alpha value is -1.34. The Morgan fingerprint density at radius 2 is 0.969 bits per heavy atom. The molecule has 1 aliphatic rings. The minimum absolute atomic E-state index is 0.130. The van der Waals surface area contributed by atoms with Crippen LogP contribution in [0.3, 0.4) is 0 Å². The fourth-order valence-corrected chi connectivity index (χ4v) is 4.04. The summed E-state index contributed by atoms with van der Waals surface area (Å²) in [6.45, 7) is 20.2. The maximum Gasteiger partial charge on any atom is 0.0892 e. The van der Waals surface area contributed by atoms with Gasteiger partial charge in [-0.15, -0.1) is 0 Å². The highest BCUT2D eigenvalue weighted by molar-refractivity contribution is 5.13. The van der Waals surface area contributed by atoms with Gasteiger partial charge < -0.3 is 4.74 Å². The second-order valence-electron chi connectivity index (χ2n) is 10.9. The lowest BCUT2D eigenvalue weighted by Gasteiger charge is -2.07. The molecular formula is C31H52O. The molecule has 1 aliphatic heterocycles. The van der Waals surface area contributed by atoms with Gasteiger partial charge in [-0.2, -0.15) is 0 Å². The maximum absolute atomic E-state index is 5.69. The van der Waals surface area contributed by atoms with E-state index in [-0.39, 0.29) is 5.60 Å². The summed E-state index contributed by atoms with van der Waals surface area (Å²) in [7, 11) is 0. The largest absolute Gasteiger partial charge is 0.367 e. The topological polar surface area (TPSA) is 12.5 Å². The molecule has 0 radical (unpaired) electrons. The van der Waals surface area contributed by atoms with Crippen molar-refractivity contribution in [2.45, 2.75) is 138 Å². The molecular weight excluding hydrogens is 388 g/mol. The summed E-state index contributed by atoms with van der Waals surface area (Å²) in [5, 5.41) is 0. The molecule has 0 aromatic rings. The van der Waals surface area contributed by atoms with Crippen LogP contribution in [0.5, 0.6) is 0 Å². The van der Waals surface area contributed by atoms with Gasteiger partial charge in [0.25, 0.3) is 0 Å². The predicted molar refractivity (Wildman–Crippen MR) is 144 cm³/mol. The van der Waals surface area contributed by atoms with E-state index < -0.39 is 0 Å². The van der Waals surface area contributed by atoms with Crippen LogP contribution in [-0.4, -0.2) is 11.7 Å². The third kappa shape index (κ3) is 13.3. The zero-order chi connectivity index (χ0) is 24.1. The van der Waals surface area contributed by atoms with Crippen molar-refractivity contribution in [1.29, 1.82) is 0 Å². The average molecular weight is 441 g/mol. The summed E-state index contributed by atoms with van der Waals surface area (Å²) >= 11 is 0. The molecule has 32 heavy (non-hydrogen) atoms. The van der Waals surface area contributed by atoms with Crippen molar-refractivity contribution in [3.8, 4) is 0 Å². The minimum Gasteiger partial charge on any atom is -0.367 e. The Bertz CT molecular complexity index is 720. The second kappa shape index (κ2) is 14.7. The van der Waals surface area contributed by atoms with Crippen molar-refractivity contribution in [2.75, 3.05) is 0 Å². The quantitative estimate of drug-likeness (QED) is 0.182. The summed E-state index contributed by atoms with van der Waals surface area (Å²) in [4.78, 5) is 0. The van der Waals surface area contributed by atoms with Crippen molar-refractivity contribution >= 4 is 0 Å². The highest BCUT2D eigenvalue weighted by Crippen LogP contribution is 2.38. The van der Waals surface area contributed by atoms with Gasteiger partial charge in [0.15, 0.2) is 0 Å². The molecule has 0 spiro atoms. The lowest BCUT2D eigenvalue weighted by atomic mass is 9.99. The number of hydrogen-bond acceptors (Lipinski definition) is 1. The van der Waals surface area contributed by atoms with E-state index >= 15 is 0 Å². The van der Waals surface area contributed by atoms with Crippen LogP contribution >= 0.6 is 0 Å². The smallest absolute Gasteiger partial charge is 0.0892 e. The first-order chi connectivity index (χ1) is 15.0. The molecule has 0 saturated carbocycles. The summed E-state index contributed by atoms with van der Waals surface area (Å²) in [5.41, 5.74) is 9.27. The summed E-state index contributed by atoms with van der Waals surface area (Å²) in [5.74, 6) is 0. The van der Waals surface area contributed by atoms with Gasteiger partial charge in [0.05, 0.1) is 11.7 Å². The van der Waals surface area contributed by atoms with E-state index in [0.29, 0.717) is 6.10 Å². The average Bonchev–Trinajstić information content (AvgIpc) is 3.32. The normalized spacial score (nSPS) is 19.7. The SMILES string of the molecule is CC(C)=CCC/C(C)=C/CC/C(C)=C(\C)CC/C=C(\C)CC/C=C(\C)CCC1OC1(C)C. The van der Waals surface area contributed by atoms with Crippen LogP contribution in [0.1, 0.15) is 127 Å². The molecule has 0 aromatic heterocycles. The van der Waals surface area contributed by atoms with E-state index in [4.69, 9.17) is 4.74 Å². The zero-order valence-electron chi connectivity index (χ0n) is 22.9. The Morgan fingerprint density at radius 3 is 1.38 bits per heavy atom. The molecule has 1 nitrogen and oxygen atoms in total. The van der Waals surface area contributed by atoms with Crippen molar-refractivity contribution in [3.05, 3.63) is 57.7 Å². The summed E-state index contributed by atoms with van der Waals surface area (Å²) in [6.07, 6.45) is 21.9. The third-order valence-corrected chi connectivity index (χ3v) is 6.84. The van der Waals surface area contributed by atoms with Crippen LogP contribution in [0.4, 0.5) is 0 Å². The molecule has 1 rings (SSSR count). The van der Waals surface area contributed by atoms with Gasteiger partial charge in [-0.25, -0.2) is 0 Å². The lowest BCUT2D eigenvalue weighted by Crippen LogP contribution is -2.02. The molecule has 1 fully saturated rings. The molecule has 1 heteroatoms. The number of hydrogen-bond donors (Lipinski definition) is 0. The molecule has 0 N–H and O–H groups in total. The van der Waals surface area contributed by atoms with E-state index in [0.717, 1.165) is 6.42 Å². The van der Waals surface area contributed by atoms with Gasteiger partial charge in [-0.3, -0.25) is 0 Å². The van der Waals surface area contributed by atoms with Gasteiger partial charge in [0.2, 0.25) is 0 Å². The summed E-state index contributed by atoms with van der Waals surface area (Å²) in [6, 6.07) is 0. The van der Waals surface area contributed by atoms with Gasteiger partial charge in [0, 0.05) is 0 Å². The Labute approximate surface area is 200 Å². The molecule has 1 unspecified atom stereocenters. The fraction of sp³-hybridized carbons (Fsp3) is 0.677. The van der Waals surface area contributed by atoms with Gasteiger partial charge in [0.1, 0.15) is 0 Å². The van der Waals surface area contributed by atoms with Crippen LogP contribution in [0, 0.1) is 0 Å². The van der Waals surface area contributed by atoms with E-state index in [2.05, 4.69) is 86.6 Å². The van der Waals surface area contributed by atoms with Crippen LogP contribution in [0.15, 0.2) is 57.7 Å². The highest BCUT2D eigenvalue weighted by Gasteiger charge is 2.46. The van der Waals surface area contributed by atoms with Crippen LogP contribution in [0.2, 0.25) is 0 Å². The number of epoxide rings is 1. The van der Waals surface area contributed by atoms with E-state index in [1.807, 2.05) is 0 Å². The van der Waals surface area contributed by atoms with Gasteiger partial charge in [-0.05, 0) is 127 Å². The highest BCUT2D eigenvalue weighted by atomic mass is 16.6. The van der Waals surface area contributed by atoms with Crippen molar-refractivity contribution in [3.63, 3.8) is 0 Å². The molecule has 1 saturated heterocycles. The fourth-order valence-electron chi connectivity index (χ4n) is 4.04. The number of ether oxygens (including phenoxy) is 1. The molecule has 1 atom stereocenters. The van der Waals surface area contributed by atoms with Gasteiger partial charge in [-0.1, -0.05) is 57.7 Å². The van der Waals surface area contributed by atoms with Crippen LogP contribution < -0.4 is 0 Å².